The quantitative estimate of drug-likeness (QED) is 0.625. The third-order valence-corrected chi connectivity index (χ3v) is 1.75. The first-order chi connectivity index (χ1) is 4.74. The third-order valence-electron chi connectivity index (χ3n) is 1.44. The van der Waals surface area contributed by atoms with E-state index in [1.165, 1.54) is 12.2 Å². The normalized spacial score (nSPS) is 25.7. The van der Waals surface area contributed by atoms with Crippen molar-refractivity contribution in [3.8, 4) is 0 Å². The fraction of sp³-hybridized carbons (Fsp3) is 0.429. The summed E-state index contributed by atoms with van der Waals surface area (Å²) in [6, 6.07) is 0. The number of hydrogen-bond acceptors (Lipinski definition) is 1. The highest BCUT2D eigenvalue weighted by molar-refractivity contribution is 6.31. The molecule has 0 spiro atoms. The lowest BCUT2D eigenvalue weighted by molar-refractivity contribution is 0.252. The lowest BCUT2D eigenvalue weighted by atomic mass is 10.0. The fourth-order valence-corrected chi connectivity index (χ4v) is 1.09. The van der Waals surface area contributed by atoms with Crippen LogP contribution >= 0.6 is 11.6 Å². The van der Waals surface area contributed by atoms with Crippen molar-refractivity contribution >= 4 is 11.6 Å². The molecule has 0 bridgehead atoms. The molecule has 0 unspecified atom stereocenters. The van der Waals surface area contributed by atoms with Crippen molar-refractivity contribution in [1.82, 2.24) is 0 Å². The lowest BCUT2D eigenvalue weighted by Gasteiger charge is -2.11. The van der Waals surface area contributed by atoms with E-state index in [0.29, 0.717) is 6.42 Å². The van der Waals surface area contributed by atoms with Gasteiger partial charge in [0.1, 0.15) is 5.83 Å². The van der Waals surface area contributed by atoms with Gasteiger partial charge in [-0.25, -0.2) is 4.39 Å². The zero-order chi connectivity index (χ0) is 7.56. The van der Waals surface area contributed by atoms with E-state index in [1.54, 1.807) is 0 Å². The van der Waals surface area contributed by atoms with Crippen LogP contribution in [0.25, 0.3) is 0 Å². The second-order valence-corrected chi connectivity index (χ2v) is 2.65. The van der Waals surface area contributed by atoms with Crippen LogP contribution in [0.15, 0.2) is 23.0 Å². The molecule has 0 saturated carbocycles. The molecule has 0 fully saturated rings. The summed E-state index contributed by atoms with van der Waals surface area (Å²) in [5, 5.41) is 8.76. The molecule has 0 amide bonds. The zero-order valence-electron chi connectivity index (χ0n) is 5.35. The minimum atomic E-state index is -0.383. The number of halogens is 2. The Labute approximate surface area is 63.8 Å². The van der Waals surface area contributed by atoms with Gasteiger partial charge in [0.2, 0.25) is 0 Å². The van der Waals surface area contributed by atoms with Gasteiger partial charge >= 0.3 is 0 Å². The molecular formula is C7H8ClFO. The maximum Gasteiger partial charge on any atom is 0.137 e. The van der Waals surface area contributed by atoms with Crippen LogP contribution in [0.1, 0.15) is 6.42 Å². The second-order valence-electron chi connectivity index (χ2n) is 2.25. The van der Waals surface area contributed by atoms with Gasteiger partial charge in [0.15, 0.2) is 0 Å². The Kier molecular flexibility index (Phi) is 2.46. The Morgan fingerprint density at radius 1 is 1.80 bits per heavy atom. The van der Waals surface area contributed by atoms with Crippen molar-refractivity contribution in [2.24, 2.45) is 5.92 Å². The maximum atomic E-state index is 12.5. The fourth-order valence-electron chi connectivity index (χ4n) is 0.834. The standard InChI is InChI=1S/C7H8ClFO/c8-6-3-5(4-10)1-2-7(6)9/h2-3,5,10H,1,4H2/t5-/m0/s1. The summed E-state index contributed by atoms with van der Waals surface area (Å²) in [5.41, 5.74) is 0. The number of allylic oxidation sites excluding steroid dienone is 3. The summed E-state index contributed by atoms with van der Waals surface area (Å²) in [5.74, 6) is -0.390. The summed E-state index contributed by atoms with van der Waals surface area (Å²) in [7, 11) is 0. The molecule has 10 heavy (non-hydrogen) atoms. The van der Waals surface area contributed by atoms with Crippen LogP contribution in [0, 0.1) is 5.92 Å². The summed E-state index contributed by atoms with van der Waals surface area (Å²) in [4.78, 5) is 0. The summed E-state index contributed by atoms with van der Waals surface area (Å²) >= 11 is 5.45. The molecule has 1 nitrogen and oxygen atoms in total. The maximum absolute atomic E-state index is 12.5. The largest absolute Gasteiger partial charge is 0.396 e. The van der Waals surface area contributed by atoms with Crippen LogP contribution in [0.3, 0.4) is 0 Å². The van der Waals surface area contributed by atoms with Crippen molar-refractivity contribution in [3.63, 3.8) is 0 Å². The van der Waals surface area contributed by atoms with Gasteiger partial charge in [-0.1, -0.05) is 17.7 Å². The highest BCUT2D eigenvalue weighted by Gasteiger charge is 2.12. The van der Waals surface area contributed by atoms with Gasteiger partial charge in [-0.2, -0.15) is 0 Å². The van der Waals surface area contributed by atoms with E-state index in [2.05, 4.69) is 0 Å². The van der Waals surface area contributed by atoms with Crippen molar-refractivity contribution in [2.75, 3.05) is 6.61 Å². The Hall–Kier alpha value is -0.340. The van der Waals surface area contributed by atoms with Crippen LogP contribution in [0.5, 0.6) is 0 Å². The number of rotatable bonds is 1. The van der Waals surface area contributed by atoms with Crippen LogP contribution < -0.4 is 0 Å². The zero-order valence-corrected chi connectivity index (χ0v) is 6.11. The van der Waals surface area contributed by atoms with Crippen LogP contribution in [-0.2, 0) is 0 Å². The molecule has 1 aliphatic rings. The van der Waals surface area contributed by atoms with Gasteiger partial charge in [-0.3, -0.25) is 0 Å². The number of aliphatic hydroxyl groups is 1. The van der Waals surface area contributed by atoms with Gasteiger partial charge in [-0.05, 0) is 12.5 Å². The lowest BCUT2D eigenvalue weighted by Crippen LogP contribution is -2.05. The van der Waals surface area contributed by atoms with Crippen molar-refractivity contribution in [3.05, 3.63) is 23.0 Å². The van der Waals surface area contributed by atoms with E-state index in [4.69, 9.17) is 16.7 Å². The molecule has 0 aliphatic heterocycles. The first-order valence-corrected chi connectivity index (χ1v) is 3.46. The van der Waals surface area contributed by atoms with Crippen LogP contribution in [0.2, 0.25) is 0 Å². The molecule has 0 aromatic rings. The van der Waals surface area contributed by atoms with Gasteiger partial charge in [0, 0.05) is 12.5 Å². The van der Waals surface area contributed by atoms with Crippen molar-refractivity contribution < 1.29 is 9.50 Å². The van der Waals surface area contributed by atoms with E-state index in [9.17, 15) is 4.39 Å². The van der Waals surface area contributed by atoms with E-state index in [-0.39, 0.29) is 23.4 Å². The third kappa shape index (κ3) is 1.58. The van der Waals surface area contributed by atoms with E-state index in [0.717, 1.165) is 0 Å². The predicted molar refractivity (Wildman–Crippen MR) is 38.3 cm³/mol. The molecule has 1 atom stereocenters. The average molecular weight is 163 g/mol. The topological polar surface area (TPSA) is 20.2 Å². The molecule has 0 saturated heterocycles. The molecule has 0 aromatic carbocycles. The Balaban J connectivity index is 2.66. The van der Waals surface area contributed by atoms with Gasteiger partial charge in [-0.15, -0.1) is 0 Å². The minimum Gasteiger partial charge on any atom is -0.396 e. The molecule has 1 aliphatic carbocycles. The molecule has 3 heteroatoms. The SMILES string of the molecule is OC[C@@H]1C=C(Cl)C(F)=CC1. The highest BCUT2D eigenvalue weighted by atomic mass is 35.5. The highest BCUT2D eigenvalue weighted by Crippen LogP contribution is 2.25. The molecular weight excluding hydrogens is 155 g/mol. The second kappa shape index (κ2) is 3.17. The van der Waals surface area contributed by atoms with Crippen LogP contribution in [-0.4, -0.2) is 11.7 Å². The Morgan fingerprint density at radius 2 is 2.50 bits per heavy atom. The molecule has 1 N–H and O–H groups in total. The summed E-state index contributed by atoms with van der Waals surface area (Å²) in [6.07, 6.45) is 3.47. The van der Waals surface area contributed by atoms with Crippen LogP contribution in [0.4, 0.5) is 4.39 Å². The first kappa shape index (κ1) is 7.76. The summed E-state index contributed by atoms with van der Waals surface area (Å²) in [6.45, 7) is 0.0278. The van der Waals surface area contributed by atoms with E-state index in [1.807, 2.05) is 0 Å². The van der Waals surface area contributed by atoms with Gasteiger partial charge in [0.05, 0.1) is 5.03 Å². The molecule has 0 aromatic heterocycles. The van der Waals surface area contributed by atoms with E-state index < -0.39 is 0 Å². The van der Waals surface area contributed by atoms with Crippen molar-refractivity contribution in [1.29, 1.82) is 0 Å². The number of aliphatic hydroxyl groups excluding tert-OH is 1. The first-order valence-electron chi connectivity index (χ1n) is 3.08. The summed E-state index contributed by atoms with van der Waals surface area (Å²) < 4.78 is 12.5. The van der Waals surface area contributed by atoms with Crippen molar-refractivity contribution in [2.45, 2.75) is 6.42 Å². The smallest absolute Gasteiger partial charge is 0.137 e. The number of hydrogen-bond donors (Lipinski definition) is 1. The van der Waals surface area contributed by atoms with Gasteiger partial charge < -0.3 is 5.11 Å². The molecule has 1 rings (SSSR count). The minimum absolute atomic E-state index is 0.00741. The Morgan fingerprint density at radius 3 is 3.00 bits per heavy atom. The monoisotopic (exact) mass is 162 g/mol. The molecule has 0 heterocycles. The Bertz CT molecular complexity index is 186. The van der Waals surface area contributed by atoms with E-state index >= 15 is 0 Å². The molecule has 0 radical (unpaired) electrons. The predicted octanol–water partition coefficient (Wildman–Crippen LogP) is 1.97. The average Bonchev–Trinajstić information content (AvgIpc) is 1.95. The van der Waals surface area contributed by atoms with Gasteiger partial charge in [0.25, 0.3) is 0 Å². The molecule has 56 valence electrons.